The Morgan fingerprint density at radius 3 is 2.42 bits per heavy atom. The molecule has 0 aliphatic heterocycles. The van der Waals surface area contributed by atoms with Crippen molar-refractivity contribution in [2.24, 2.45) is 0 Å². The lowest BCUT2D eigenvalue weighted by molar-refractivity contribution is 0.0786. The van der Waals surface area contributed by atoms with Crippen LogP contribution in [0.5, 0.6) is 0 Å². The van der Waals surface area contributed by atoms with E-state index >= 15 is 0 Å². The number of carbonyl (C=O) groups excluding carboxylic acids is 1. The number of aryl methyl sites for hydroxylation is 1. The van der Waals surface area contributed by atoms with Crippen LogP contribution in [0.2, 0.25) is 0 Å². The van der Waals surface area contributed by atoms with Gasteiger partial charge in [-0.3, -0.25) is 4.79 Å². The van der Waals surface area contributed by atoms with Gasteiger partial charge in [0.2, 0.25) is 0 Å². The molecule has 0 aliphatic carbocycles. The summed E-state index contributed by atoms with van der Waals surface area (Å²) < 4.78 is 3.83. The fraction of sp³-hybridized carbons (Fsp3) is 0.385. The van der Waals surface area contributed by atoms with E-state index in [1.165, 1.54) is 0 Å². The third-order valence-corrected chi connectivity index (χ3v) is 6.08. The molecule has 0 aliphatic rings. The highest BCUT2D eigenvalue weighted by Crippen LogP contribution is 2.26. The second-order valence-electron chi connectivity index (χ2n) is 9.23. The molecule has 0 atom stereocenters. The molecular weight excluding hydrogens is 412 g/mol. The minimum absolute atomic E-state index is 0.0427. The molecule has 3 aromatic heterocycles. The van der Waals surface area contributed by atoms with Crippen molar-refractivity contribution >= 4 is 16.9 Å². The molecule has 0 spiro atoms. The molecule has 0 radical (unpaired) electrons. The van der Waals surface area contributed by atoms with E-state index in [4.69, 9.17) is 10.1 Å². The SMILES string of the molecule is Cc1nn(-c2ccccc2)c(C)c1CN(C)C(=O)c1cc(C(C)C)nc2c1cnn2C(C)C. The quantitative estimate of drug-likeness (QED) is 0.409. The number of nitrogens with zero attached hydrogens (tertiary/aromatic N) is 6. The summed E-state index contributed by atoms with van der Waals surface area (Å²) in [6.07, 6.45) is 1.76. The van der Waals surface area contributed by atoms with E-state index in [9.17, 15) is 4.79 Å². The molecule has 0 N–H and O–H groups in total. The van der Waals surface area contributed by atoms with E-state index < -0.39 is 0 Å². The summed E-state index contributed by atoms with van der Waals surface area (Å²) in [5.74, 6) is 0.161. The number of benzene rings is 1. The first-order valence-corrected chi connectivity index (χ1v) is 11.4. The predicted octanol–water partition coefficient (Wildman–Crippen LogP) is 5.21. The second kappa shape index (κ2) is 8.81. The van der Waals surface area contributed by atoms with Crippen molar-refractivity contribution < 1.29 is 4.79 Å². The van der Waals surface area contributed by atoms with Crippen LogP contribution in [0.25, 0.3) is 16.7 Å². The number of rotatable bonds is 6. The first-order chi connectivity index (χ1) is 15.7. The molecule has 3 heterocycles. The number of pyridine rings is 1. The number of hydrogen-bond acceptors (Lipinski definition) is 4. The summed E-state index contributed by atoms with van der Waals surface area (Å²) in [5.41, 5.74) is 6.32. The maximum absolute atomic E-state index is 13.7. The summed E-state index contributed by atoms with van der Waals surface area (Å²) in [7, 11) is 1.84. The van der Waals surface area contributed by atoms with Gasteiger partial charge in [-0.25, -0.2) is 14.3 Å². The summed E-state index contributed by atoms with van der Waals surface area (Å²) >= 11 is 0. The normalized spacial score (nSPS) is 11.7. The number of fused-ring (bicyclic) bond motifs is 1. The Labute approximate surface area is 195 Å². The van der Waals surface area contributed by atoms with Crippen LogP contribution >= 0.6 is 0 Å². The zero-order valence-electron chi connectivity index (χ0n) is 20.5. The molecule has 1 aromatic carbocycles. The van der Waals surface area contributed by atoms with Crippen molar-refractivity contribution in [3.05, 3.63) is 70.8 Å². The standard InChI is InChI=1S/C26H32N6O/c1-16(2)24-13-21(22-14-27-31(17(3)4)25(22)28-24)26(33)30(7)15-23-18(5)29-32(19(23)6)20-11-9-8-10-12-20/h8-14,16-17H,15H2,1-7H3. The van der Waals surface area contributed by atoms with Crippen molar-refractivity contribution in [1.29, 1.82) is 0 Å². The maximum atomic E-state index is 13.7. The van der Waals surface area contributed by atoms with Crippen LogP contribution in [0.15, 0.2) is 42.6 Å². The summed E-state index contributed by atoms with van der Waals surface area (Å²) in [6.45, 7) is 12.8. The van der Waals surface area contributed by atoms with Crippen molar-refractivity contribution in [3.8, 4) is 5.69 Å². The van der Waals surface area contributed by atoms with Gasteiger partial charge in [-0.2, -0.15) is 10.2 Å². The Morgan fingerprint density at radius 2 is 1.79 bits per heavy atom. The first kappa shape index (κ1) is 22.7. The van der Waals surface area contributed by atoms with E-state index in [1.54, 1.807) is 11.1 Å². The van der Waals surface area contributed by atoms with Crippen LogP contribution in [0, 0.1) is 13.8 Å². The Balaban J connectivity index is 1.70. The summed E-state index contributed by atoms with van der Waals surface area (Å²) in [4.78, 5) is 20.2. The van der Waals surface area contributed by atoms with Crippen molar-refractivity contribution in [3.63, 3.8) is 0 Å². The molecule has 4 rings (SSSR count). The van der Waals surface area contributed by atoms with Gasteiger partial charge >= 0.3 is 0 Å². The molecule has 33 heavy (non-hydrogen) atoms. The molecule has 0 saturated heterocycles. The van der Waals surface area contributed by atoms with E-state index in [1.807, 2.05) is 59.7 Å². The highest BCUT2D eigenvalue weighted by Gasteiger charge is 2.23. The van der Waals surface area contributed by atoms with Gasteiger partial charge in [0.15, 0.2) is 5.65 Å². The molecule has 4 aromatic rings. The van der Waals surface area contributed by atoms with Crippen LogP contribution in [0.3, 0.4) is 0 Å². The fourth-order valence-corrected chi connectivity index (χ4v) is 4.13. The average molecular weight is 445 g/mol. The van der Waals surface area contributed by atoms with Gasteiger partial charge in [0.1, 0.15) is 0 Å². The first-order valence-electron chi connectivity index (χ1n) is 11.4. The summed E-state index contributed by atoms with van der Waals surface area (Å²) in [6, 6.07) is 12.1. The lowest BCUT2D eigenvalue weighted by atomic mass is 10.0. The van der Waals surface area contributed by atoms with Gasteiger partial charge in [0.05, 0.1) is 28.5 Å². The zero-order chi connectivity index (χ0) is 23.9. The predicted molar refractivity (Wildman–Crippen MR) is 131 cm³/mol. The van der Waals surface area contributed by atoms with Gasteiger partial charge in [-0.05, 0) is 51.8 Å². The Hall–Kier alpha value is -3.48. The lowest BCUT2D eigenvalue weighted by Crippen LogP contribution is -2.27. The van der Waals surface area contributed by atoms with E-state index in [0.29, 0.717) is 12.1 Å². The van der Waals surface area contributed by atoms with Gasteiger partial charge in [-0.15, -0.1) is 0 Å². The van der Waals surface area contributed by atoms with Crippen LogP contribution in [-0.4, -0.2) is 42.4 Å². The highest BCUT2D eigenvalue weighted by atomic mass is 16.2. The second-order valence-corrected chi connectivity index (χ2v) is 9.23. The molecule has 172 valence electrons. The number of aromatic nitrogens is 5. The van der Waals surface area contributed by atoms with E-state index in [2.05, 4.69) is 39.7 Å². The Kier molecular flexibility index (Phi) is 6.06. The summed E-state index contributed by atoms with van der Waals surface area (Å²) in [5, 5.41) is 10.0. The van der Waals surface area contributed by atoms with E-state index in [-0.39, 0.29) is 17.9 Å². The van der Waals surface area contributed by atoms with Crippen LogP contribution < -0.4 is 0 Å². The Morgan fingerprint density at radius 1 is 1.09 bits per heavy atom. The van der Waals surface area contributed by atoms with Gasteiger partial charge in [-0.1, -0.05) is 32.0 Å². The zero-order valence-corrected chi connectivity index (χ0v) is 20.5. The largest absolute Gasteiger partial charge is 0.337 e. The fourth-order valence-electron chi connectivity index (χ4n) is 4.13. The van der Waals surface area contributed by atoms with Crippen molar-refractivity contribution in [2.75, 3.05) is 7.05 Å². The Bertz CT molecular complexity index is 1300. The molecule has 1 amide bonds. The third kappa shape index (κ3) is 4.15. The monoisotopic (exact) mass is 444 g/mol. The van der Waals surface area contributed by atoms with Gasteiger partial charge < -0.3 is 4.90 Å². The van der Waals surface area contributed by atoms with Gasteiger partial charge in [0, 0.05) is 36.6 Å². The maximum Gasteiger partial charge on any atom is 0.254 e. The minimum atomic E-state index is -0.0427. The molecule has 7 heteroatoms. The smallest absolute Gasteiger partial charge is 0.254 e. The van der Waals surface area contributed by atoms with Crippen LogP contribution in [-0.2, 0) is 6.54 Å². The average Bonchev–Trinajstić information content (AvgIpc) is 3.35. The number of para-hydroxylation sites is 1. The highest BCUT2D eigenvalue weighted by molar-refractivity contribution is 6.05. The number of hydrogen-bond donors (Lipinski definition) is 0. The number of amides is 1. The molecule has 0 bridgehead atoms. The molecule has 7 nitrogen and oxygen atoms in total. The molecule has 0 unspecified atom stereocenters. The molecular formula is C26H32N6O. The van der Waals surface area contributed by atoms with Crippen molar-refractivity contribution in [2.45, 2.75) is 60.0 Å². The minimum Gasteiger partial charge on any atom is -0.337 e. The van der Waals surface area contributed by atoms with Gasteiger partial charge in [0.25, 0.3) is 5.91 Å². The number of carbonyl (C=O) groups is 1. The van der Waals surface area contributed by atoms with E-state index in [0.717, 1.165) is 39.4 Å². The topological polar surface area (TPSA) is 68.8 Å². The van der Waals surface area contributed by atoms with Crippen LogP contribution in [0.4, 0.5) is 0 Å². The molecule has 0 fully saturated rings. The third-order valence-electron chi connectivity index (χ3n) is 6.08. The lowest BCUT2D eigenvalue weighted by Gasteiger charge is -2.19. The van der Waals surface area contributed by atoms with Crippen molar-refractivity contribution in [1.82, 2.24) is 29.4 Å². The van der Waals surface area contributed by atoms with Crippen LogP contribution in [0.1, 0.15) is 72.7 Å². The molecule has 0 saturated carbocycles.